The minimum atomic E-state index is -0.748. The second-order valence-electron chi connectivity index (χ2n) is 3.58. The van der Waals surface area contributed by atoms with Gasteiger partial charge in [0.05, 0.1) is 12.7 Å². The topological polar surface area (TPSA) is 71.7 Å². The SMILES string of the molecule is O=c1ccccn1C1OC(CO)CC1O. The van der Waals surface area contributed by atoms with Crippen molar-refractivity contribution in [3.05, 3.63) is 34.7 Å². The van der Waals surface area contributed by atoms with Gasteiger partial charge in [0.15, 0.2) is 6.23 Å². The Labute approximate surface area is 86.5 Å². The van der Waals surface area contributed by atoms with Crippen LogP contribution in [0, 0.1) is 0 Å². The summed E-state index contributed by atoms with van der Waals surface area (Å²) in [6.07, 6.45) is 0.0913. The lowest BCUT2D eigenvalue weighted by Crippen LogP contribution is -2.29. The summed E-state index contributed by atoms with van der Waals surface area (Å²) in [6.45, 7) is -0.144. The van der Waals surface area contributed by atoms with Crippen molar-refractivity contribution >= 4 is 0 Å². The first kappa shape index (κ1) is 10.4. The van der Waals surface area contributed by atoms with Crippen LogP contribution in [0.1, 0.15) is 12.6 Å². The van der Waals surface area contributed by atoms with Crippen LogP contribution >= 0.6 is 0 Å². The molecule has 1 saturated heterocycles. The number of aliphatic hydroxyl groups is 2. The molecule has 0 saturated carbocycles. The Morgan fingerprint density at radius 1 is 1.53 bits per heavy atom. The monoisotopic (exact) mass is 211 g/mol. The zero-order valence-electron chi connectivity index (χ0n) is 8.11. The molecule has 1 aromatic heterocycles. The number of aliphatic hydroxyl groups excluding tert-OH is 2. The van der Waals surface area contributed by atoms with E-state index >= 15 is 0 Å². The first-order valence-corrected chi connectivity index (χ1v) is 4.84. The van der Waals surface area contributed by atoms with Crippen LogP contribution in [0.3, 0.4) is 0 Å². The Kier molecular flexibility index (Phi) is 2.86. The van der Waals surface area contributed by atoms with Gasteiger partial charge in [-0.25, -0.2) is 0 Å². The maximum atomic E-state index is 11.5. The van der Waals surface area contributed by atoms with Crippen LogP contribution in [0.2, 0.25) is 0 Å². The average Bonchev–Trinajstić information content (AvgIpc) is 2.60. The summed E-state index contributed by atoms with van der Waals surface area (Å²) in [5.74, 6) is 0. The van der Waals surface area contributed by atoms with Gasteiger partial charge in [-0.15, -0.1) is 0 Å². The molecule has 5 heteroatoms. The molecule has 1 fully saturated rings. The molecular formula is C10H13NO4. The third-order valence-corrected chi connectivity index (χ3v) is 2.49. The van der Waals surface area contributed by atoms with Crippen molar-refractivity contribution in [3.63, 3.8) is 0 Å². The first-order chi connectivity index (χ1) is 7.22. The average molecular weight is 211 g/mol. The fourth-order valence-electron chi connectivity index (χ4n) is 1.75. The summed E-state index contributed by atoms with van der Waals surface area (Å²) < 4.78 is 6.69. The molecule has 2 N–H and O–H groups in total. The Hall–Kier alpha value is -1.17. The Balaban J connectivity index is 2.25. The van der Waals surface area contributed by atoms with E-state index in [1.807, 2.05) is 0 Å². The summed E-state index contributed by atoms with van der Waals surface area (Å²) in [5, 5.41) is 18.6. The molecule has 1 aliphatic heterocycles. The van der Waals surface area contributed by atoms with Gasteiger partial charge < -0.3 is 14.9 Å². The summed E-state index contributed by atoms with van der Waals surface area (Å²) in [7, 11) is 0. The maximum Gasteiger partial charge on any atom is 0.252 e. The van der Waals surface area contributed by atoms with E-state index in [9.17, 15) is 9.90 Å². The molecule has 3 unspecified atom stereocenters. The smallest absolute Gasteiger partial charge is 0.252 e. The predicted molar refractivity (Wildman–Crippen MR) is 52.3 cm³/mol. The van der Waals surface area contributed by atoms with Crippen LogP contribution in [0.25, 0.3) is 0 Å². The Bertz CT molecular complexity index is 389. The third kappa shape index (κ3) is 1.94. The molecule has 0 aliphatic carbocycles. The number of hydrogen-bond acceptors (Lipinski definition) is 4. The molecule has 3 atom stereocenters. The summed E-state index contributed by atoms with van der Waals surface area (Å²) in [4.78, 5) is 11.5. The molecule has 2 rings (SSSR count). The number of rotatable bonds is 2. The van der Waals surface area contributed by atoms with E-state index in [4.69, 9.17) is 9.84 Å². The van der Waals surface area contributed by atoms with E-state index in [2.05, 4.69) is 0 Å². The van der Waals surface area contributed by atoms with Crippen molar-refractivity contribution in [2.24, 2.45) is 0 Å². The number of ether oxygens (including phenoxy) is 1. The van der Waals surface area contributed by atoms with Crippen LogP contribution in [-0.2, 0) is 4.74 Å². The Morgan fingerprint density at radius 3 is 2.93 bits per heavy atom. The van der Waals surface area contributed by atoms with E-state index in [1.165, 1.54) is 10.6 Å². The minimum absolute atomic E-state index is 0.144. The van der Waals surface area contributed by atoms with Crippen LogP contribution < -0.4 is 5.56 Å². The fraction of sp³-hybridized carbons (Fsp3) is 0.500. The van der Waals surface area contributed by atoms with Crippen LogP contribution in [0.4, 0.5) is 0 Å². The molecule has 15 heavy (non-hydrogen) atoms. The Morgan fingerprint density at radius 2 is 2.33 bits per heavy atom. The quantitative estimate of drug-likeness (QED) is 0.691. The van der Waals surface area contributed by atoms with Gasteiger partial charge in [0.2, 0.25) is 0 Å². The van der Waals surface area contributed by atoms with E-state index in [1.54, 1.807) is 18.3 Å². The second kappa shape index (κ2) is 4.14. The van der Waals surface area contributed by atoms with E-state index < -0.39 is 18.4 Å². The molecule has 82 valence electrons. The van der Waals surface area contributed by atoms with Gasteiger partial charge in [-0.2, -0.15) is 0 Å². The van der Waals surface area contributed by atoms with Crippen molar-refractivity contribution in [2.45, 2.75) is 24.9 Å². The van der Waals surface area contributed by atoms with Crippen molar-refractivity contribution in [3.8, 4) is 0 Å². The molecule has 0 bridgehead atoms. The van der Waals surface area contributed by atoms with Crippen molar-refractivity contribution in [2.75, 3.05) is 6.61 Å². The largest absolute Gasteiger partial charge is 0.394 e. The highest BCUT2D eigenvalue weighted by atomic mass is 16.5. The molecule has 1 aromatic rings. The minimum Gasteiger partial charge on any atom is -0.394 e. The normalized spacial score (nSPS) is 30.7. The van der Waals surface area contributed by atoms with Gasteiger partial charge in [0, 0.05) is 18.7 Å². The summed E-state index contributed by atoms with van der Waals surface area (Å²) in [6, 6.07) is 4.73. The molecule has 2 heterocycles. The lowest BCUT2D eigenvalue weighted by atomic mass is 10.2. The maximum absolute atomic E-state index is 11.5. The molecule has 0 spiro atoms. The molecule has 0 amide bonds. The van der Waals surface area contributed by atoms with Crippen molar-refractivity contribution < 1.29 is 14.9 Å². The number of nitrogens with zero attached hydrogens (tertiary/aromatic N) is 1. The number of hydrogen-bond donors (Lipinski definition) is 2. The highest BCUT2D eigenvalue weighted by molar-refractivity contribution is 4.96. The van der Waals surface area contributed by atoms with Crippen molar-refractivity contribution in [1.82, 2.24) is 4.57 Å². The first-order valence-electron chi connectivity index (χ1n) is 4.84. The van der Waals surface area contributed by atoms with E-state index in [0.717, 1.165) is 0 Å². The highest BCUT2D eigenvalue weighted by Gasteiger charge is 2.34. The van der Waals surface area contributed by atoms with E-state index in [-0.39, 0.29) is 12.2 Å². The van der Waals surface area contributed by atoms with Gasteiger partial charge in [0.25, 0.3) is 5.56 Å². The van der Waals surface area contributed by atoms with Gasteiger partial charge in [0.1, 0.15) is 6.10 Å². The standard InChI is InChI=1S/C10H13NO4/c12-6-7-5-8(13)10(15-7)11-4-2-1-3-9(11)14/h1-4,7-8,10,12-13H,5-6H2. The van der Waals surface area contributed by atoms with Gasteiger partial charge >= 0.3 is 0 Å². The molecule has 0 aromatic carbocycles. The molecule has 0 radical (unpaired) electrons. The predicted octanol–water partition coefficient (Wildman–Crippen LogP) is -0.511. The van der Waals surface area contributed by atoms with Crippen molar-refractivity contribution in [1.29, 1.82) is 0 Å². The number of pyridine rings is 1. The molecule has 5 nitrogen and oxygen atoms in total. The lowest BCUT2D eigenvalue weighted by molar-refractivity contribution is -0.0523. The van der Waals surface area contributed by atoms with Gasteiger partial charge in [-0.1, -0.05) is 6.07 Å². The summed E-state index contributed by atoms with van der Waals surface area (Å²) in [5.41, 5.74) is -0.222. The number of aromatic nitrogens is 1. The summed E-state index contributed by atoms with van der Waals surface area (Å²) >= 11 is 0. The van der Waals surface area contributed by atoms with Gasteiger partial charge in [-0.3, -0.25) is 9.36 Å². The zero-order chi connectivity index (χ0) is 10.8. The molecular weight excluding hydrogens is 198 g/mol. The van der Waals surface area contributed by atoms with Crippen LogP contribution in [0.5, 0.6) is 0 Å². The molecule has 1 aliphatic rings. The van der Waals surface area contributed by atoms with Crippen LogP contribution in [0.15, 0.2) is 29.2 Å². The van der Waals surface area contributed by atoms with Gasteiger partial charge in [-0.05, 0) is 6.07 Å². The highest BCUT2D eigenvalue weighted by Crippen LogP contribution is 2.27. The second-order valence-corrected chi connectivity index (χ2v) is 3.58. The zero-order valence-corrected chi connectivity index (χ0v) is 8.11. The van der Waals surface area contributed by atoms with Crippen LogP contribution in [-0.4, -0.2) is 33.6 Å². The fourth-order valence-corrected chi connectivity index (χ4v) is 1.75. The lowest BCUT2D eigenvalue weighted by Gasteiger charge is -2.16. The van der Waals surface area contributed by atoms with E-state index in [0.29, 0.717) is 6.42 Å². The third-order valence-electron chi connectivity index (χ3n) is 2.49.